The Morgan fingerprint density at radius 3 is 3.12 bits per heavy atom. The topological polar surface area (TPSA) is 41.3 Å². The molecule has 17 heavy (non-hydrogen) atoms. The van der Waals surface area contributed by atoms with E-state index in [1.54, 1.807) is 0 Å². The highest BCUT2D eigenvalue weighted by molar-refractivity contribution is 5.16. The molecule has 4 nitrogen and oxygen atoms in total. The molecular formula is C13H21N3O. The summed E-state index contributed by atoms with van der Waals surface area (Å²) in [4.78, 5) is 2.39. The molecule has 1 aromatic heterocycles. The molecule has 94 valence electrons. The lowest BCUT2D eigenvalue weighted by molar-refractivity contribution is 0.220. The molecule has 1 aliphatic rings. The molecule has 4 heteroatoms. The maximum absolute atomic E-state index is 9.12. The van der Waals surface area contributed by atoms with Gasteiger partial charge in [0.2, 0.25) is 0 Å². The van der Waals surface area contributed by atoms with Crippen LogP contribution >= 0.6 is 0 Å². The number of rotatable bonds is 5. The van der Waals surface area contributed by atoms with Gasteiger partial charge in [0.25, 0.3) is 0 Å². The fourth-order valence-electron chi connectivity index (χ4n) is 2.39. The summed E-state index contributed by atoms with van der Waals surface area (Å²) in [5.41, 5.74) is 2.50. The Morgan fingerprint density at radius 2 is 2.47 bits per heavy atom. The number of aliphatic hydroxyl groups is 1. The third kappa shape index (κ3) is 2.76. The predicted octanol–water partition coefficient (Wildman–Crippen LogP) is 1.19. The van der Waals surface area contributed by atoms with Crippen molar-refractivity contribution in [2.75, 3.05) is 19.7 Å². The van der Waals surface area contributed by atoms with Crippen molar-refractivity contribution in [1.29, 1.82) is 0 Å². The average Bonchev–Trinajstić information content (AvgIpc) is 2.91. The summed E-state index contributed by atoms with van der Waals surface area (Å²) in [6, 6.07) is 0. The van der Waals surface area contributed by atoms with Crippen LogP contribution in [0.2, 0.25) is 0 Å². The summed E-state index contributed by atoms with van der Waals surface area (Å²) in [5, 5.41) is 13.5. The van der Waals surface area contributed by atoms with E-state index in [4.69, 9.17) is 5.11 Å². The molecule has 1 aliphatic heterocycles. The van der Waals surface area contributed by atoms with Gasteiger partial charge in [0.05, 0.1) is 12.7 Å². The van der Waals surface area contributed by atoms with Gasteiger partial charge < -0.3 is 5.11 Å². The van der Waals surface area contributed by atoms with Crippen molar-refractivity contribution < 1.29 is 5.11 Å². The third-order valence-corrected chi connectivity index (χ3v) is 3.53. The zero-order valence-corrected chi connectivity index (χ0v) is 10.5. The second-order valence-electron chi connectivity index (χ2n) is 4.80. The van der Waals surface area contributed by atoms with Gasteiger partial charge >= 0.3 is 0 Å². The third-order valence-electron chi connectivity index (χ3n) is 3.53. The van der Waals surface area contributed by atoms with E-state index in [1.807, 2.05) is 17.0 Å². The normalized spacial score (nSPS) is 20.9. The molecule has 2 rings (SSSR count). The molecule has 1 saturated heterocycles. The highest BCUT2D eigenvalue weighted by atomic mass is 16.3. The fourth-order valence-corrected chi connectivity index (χ4v) is 2.39. The zero-order chi connectivity index (χ0) is 12.3. The molecule has 1 N–H and O–H groups in total. The van der Waals surface area contributed by atoms with Crippen molar-refractivity contribution in [3.8, 4) is 0 Å². The number of nitrogens with zero attached hydrogens (tertiary/aromatic N) is 3. The summed E-state index contributed by atoms with van der Waals surface area (Å²) >= 11 is 0. The van der Waals surface area contributed by atoms with Crippen molar-refractivity contribution in [3.05, 3.63) is 30.1 Å². The summed E-state index contributed by atoms with van der Waals surface area (Å²) in [6.45, 7) is 9.94. The minimum atomic E-state index is 0.311. The van der Waals surface area contributed by atoms with Crippen LogP contribution in [0.3, 0.4) is 0 Å². The van der Waals surface area contributed by atoms with Crippen LogP contribution in [-0.4, -0.2) is 39.5 Å². The van der Waals surface area contributed by atoms with Gasteiger partial charge in [0, 0.05) is 31.0 Å². The lowest BCUT2D eigenvalue weighted by Gasteiger charge is -2.15. The van der Waals surface area contributed by atoms with Crippen molar-refractivity contribution in [2.45, 2.75) is 26.4 Å². The van der Waals surface area contributed by atoms with Gasteiger partial charge in [-0.05, 0) is 25.8 Å². The van der Waals surface area contributed by atoms with Gasteiger partial charge in [0.1, 0.15) is 0 Å². The minimum absolute atomic E-state index is 0.311. The van der Waals surface area contributed by atoms with Gasteiger partial charge in [-0.25, -0.2) is 0 Å². The maximum Gasteiger partial charge on any atom is 0.0590 e. The Balaban J connectivity index is 1.97. The second-order valence-corrected chi connectivity index (χ2v) is 4.80. The molecule has 0 unspecified atom stereocenters. The van der Waals surface area contributed by atoms with Gasteiger partial charge in [-0.15, -0.1) is 6.58 Å². The maximum atomic E-state index is 9.12. The lowest BCUT2D eigenvalue weighted by Crippen LogP contribution is -2.21. The van der Waals surface area contributed by atoms with Crippen LogP contribution in [0.25, 0.3) is 0 Å². The van der Waals surface area contributed by atoms with Gasteiger partial charge in [0.15, 0.2) is 0 Å². The van der Waals surface area contributed by atoms with E-state index >= 15 is 0 Å². The van der Waals surface area contributed by atoms with Crippen LogP contribution in [0.1, 0.15) is 17.7 Å². The first-order chi connectivity index (χ1) is 8.24. The molecule has 0 aliphatic carbocycles. The van der Waals surface area contributed by atoms with Crippen LogP contribution in [0.5, 0.6) is 0 Å². The van der Waals surface area contributed by atoms with Crippen molar-refractivity contribution in [1.82, 2.24) is 14.7 Å². The Bertz CT molecular complexity index is 386. The number of hydrogen-bond donors (Lipinski definition) is 1. The van der Waals surface area contributed by atoms with Crippen LogP contribution in [0.15, 0.2) is 18.9 Å². The summed E-state index contributed by atoms with van der Waals surface area (Å²) in [6.07, 6.45) is 4.92. The lowest BCUT2D eigenvalue weighted by atomic mass is 10.1. The van der Waals surface area contributed by atoms with E-state index in [1.165, 1.54) is 11.3 Å². The standard InChI is InChI=1S/C13H21N3O/c1-3-5-16-11(2)13(7-14-16)9-15-6-4-12(8-15)10-17/h3,7,12,17H,1,4-6,8-10H2,2H3/t12-/m0/s1. The quantitative estimate of drug-likeness (QED) is 0.780. The molecule has 1 fully saturated rings. The molecule has 2 heterocycles. The summed E-state index contributed by atoms with van der Waals surface area (Å²) in [5.74, 6) is 0.457. The second kappa shape index (κ2) is 5.47. The van der Waals surface area contributed by atoms with Crippen molar-refractivity contribution in [3.63, 3.8) is 0 Å². The van der Waals surface area contributed by atoms with Crippen LogP contribution in [0.4, 0.5) is 0 Å². The van der Waals surface area contributed by atoms with Crippen LogP contribution < -0.4 is 0 Å². The van der Waals surface area contributed by atoms with Crippen LogP contribution in [0, 0.1) is 12.8 Å². The van der Waals surface area contributed by atoms with E-state index in [0.29, 0.717) is 12.5 Å². The van der Waals surface area contributed by atoms with Crippen molar-refractivity contribution in [2.24, 2.45) is 5.92 Å². The van der Waals surface area contributed by atoms with E-state index in [-0.39, 0.29) is 0 Å². The summed E-state index contributed by atoms with van der Waals surface area (Å²) in [7, 11) is 0. The molecule has 0 radical (unpaired) electrons. The number of hydrogen-bond acceptors (Lipinski definition) is 3. The Hall–Kier alpha value is -1.13. The first-order valence-corrected chi connectivity index (χ1v) is 6.20. The van der Waals surface area contributed by atoms with Gasteiger partial charge in [-0.3, -0.25) is 9.58 Å². The highest BCUT2D eigenvalue weighted by Crippen LogP contribution is 2.19. The fraction of sp³-hybridized carbons (Fsp3) is 0.615. The number of allylic oxidation sites excluding steroid dienone is 1. The minimum Gasteiger partial charge on any atom is -0.396 e. The van der Waals surface area contributed by atoms with E-state index < -0.39 is 0 Å². The molecule has 0 amide bonds. The monoisotopic (exact) mass is 235 g/mol. The summed E-state index contributed by atoms with van der Waals surface area (Å²) < 4.78 is 1.97. The molecular weight excluding hydrogens is 214 g/mol. The molecule has 0 aromatic carbocycles. The molecule has 1 aromatic rings. The first kappa shape index (κ1) is 12.3. The molecule has 0 saturated carbocycles. The van der Waals surface area contributed by atoms with E-state index in [9.17, 15) is 0 Å². The smallest absolute Gasteiger partial charge is 0.0590 e. The molecule has 1 atom stereocenters. The number of aliphatic hydroxyl groups excluding tert-OH is 1. The SMILES string of the molecule is C=CCn1ncc(CN2CC[C@H](CO)C2)c1C. The molecule has 0 spiro atoms. The average molecular weight is 235 g/mol. The highest BCUT2D eigenvalue weighted by Gasteiger charge is 2.22. The van der Waals surface area contributed by atoms with E-state index in [2.05, 4.69) is 23.5 Å². The molecule has 0 bridgehead atoms. The van der Waals surface area contributed by atoms with Crippen molar-refractivity contribution >= 4 is 0 Å². The number of likely N-dealkylation sites (tertiary alicyclic amines) is 1. The van der Waals surface area contributed by atoms with E-state index in [0.717, 1.165) is 32.6 Å². The first-order valence-electron chi connectivity index (χ1n) is 6.20. The van der Waals surface area contributed by atoms with Gasteiger partial charge in [-0.2, -0.15) is 5.10 Å². The Kier molecular flexibility index (Phi) is 3.97. The van der Waals surface area contributed by atoms with Crippen LogP contribution in [-0.2, 0) is 13.1 Å². The Morgan fingerprint density at radius 1 is 1.65 bits per heavy atom. The zero-order valence-electron chi connectivity index (χ0n) is 10.5. The van der Waals surface area contributed by atoms with Gasteiger partial charge in [-0.1, -0.05) is 6.08 Å². The number of aromatic nitrogens is 2. The Labute approximate surface area is 103 Å². The largest absolute Gasteiger partial charge is 0.396 e. The predicted molar refractivity (Wildman–Crippen MR) is 67.6 cm³/mol.